The van der Waals surface area contributed by atoms with Gasteiger partial charge in [0.05, 0.1) is 12.3 Å². The third-order valence-corrected chi connectivity index (χ3v) is 7.23. The van der Waals surface area contributed by atoms with Crippen molar-refractivity contribution in [2.75, 3.05) is 10.6 Å². The summed E-state index contributed by atoms with van der Waals surface area (Å²) in [7, 11) is 0. The van der Waals surface area contributed by atoms with Gasteiger partial charge in [-0.15, -0.1) is 11.3 Å². The molecule has 1 atom stereocenters. The number of aromatic nitrogens is 1. The van der Waals surface area contributed by atoms with Crippen LogP contribution in [0.3, 0.4) is 0 Å². The average molecular weight is 436 g/mol. The highest BCUT2D eigenvalue weighted by Crippen LogP contribution is 2.44. The molecule has 1 aliphatic rings. The van der Waals surface area contributed by atoms with E-state index in [-0.39, 0.29) is 11.9 Å². The van der Waals surface area contributed by atoms with E-state index < -0.39 is 0 Å². The fraction of sp³-hybridized carbons (Fsp3) is 0.217. The van der Waals surface area contributed by atoms with Gasteiger partial charge in [0, 0.05) is 16.6 Å². The number of pyridine rings is 1. The molecule has 4 aromatic rings. The van der Waals surface area contributed by atoms with Crippen LogP contribution in [-0.2, 0) is 12.8 Å². The smallest absolute Gasteiger partial charge is 0.291 e. The SMILES string of the molecule is O=C(Nc1sc2c(c1[C@@H](Nc1ccccn1)c1ccsc1)CCCC2)c1ccco1. The Bertz CT molecular complexity index is 1120. The van der Waals surface area contributed by atoms with Gasteiger partial charge >= 0.3 is 0 Å². The highest BCUT2D eigenvalue weighted by Gasteiger charge is 2.29. The van der Waals surface area contributed by atoms with Gasteiger partial charge in [0.25, 0.3) is 5.91 Å². The van der Waals surface area contributed by atoms with Gasteiger partial charge in [-0.05, 0) is 77.9 Å². The van der Waals surface area contributed by atoms with Crippen LogP contribution in [0.15, 0.2) is 64.0 Å². The van der Waals surface area contributed by atoms with E-state index in [1.54, 1.807) is 41.0 Å². The third kappa shape index (κ3) is 3.78. The Morgan fingerprint density at radius 1 is 1.13 bits per heavy atom. The van der Waals surface area contributed by atoms with Crippen molar-refractivity contribution in [2.45, 2.75) is 31.7 Å². The molecule has 0 radical (unpaired) electrons. The molecule has 30 heavy (non-hydrogen) atoms. The number of hydrogen-bond donors (Lipinski definition) is 2. The van der Waals surface area contributed by atoms with Crippen LogP contribution in [0.25, 0.3) is 0 Å². The van der Waals surface area contributed by atoms with Gasteiger partial charge in [-0.2, -0.15) is 11.3 Å². The molecular weight excluding hydrogens is 414 g/mol. The summed E-state index contributed by atoms with van der Waals surface area (Å²) in [6, 6.07) is 11.3. The number of furan rings is 1. The van der Waals surface area contributed by atoms with Gasteiger partial charge < -0.3 is 15.1 Å². The lowest BCUT2D eigenvalue weighted by atomic mass is 9.90. The van der Waals surface area contributed by atoms with E-state index in [2.05, 4.69) is 32.4 Å². The number of nitrogens with zero attached hydrogens (tertiary/aromatic N) is 1. The minimum absolute atomic E-state index is 0.0869. The zero-order chi connectivity index (χ0) is 20.3. The number of hydrogen-bond acceptors (Lipinski definition) is 6. The van der Waals surface area contributed by atoms with Crippen LogP contribution in [0.1, 0.15) is 51.0 Å². The molecule has 0 bridgehead atoms. The summed E-state index contributed by atoms with van der Waals surface area (Å²) < 4.78 is 5.31. The molecule has 7 heteroatoms. The summed E-state index contributed by atoms with van der Waals surface area (Å²) >= 11 is 3.36. The molecule has 0 fully saturated rings. The van der Waals surface area contributed by atoms with Crippen molar-refractivity contribution in [3.8, 4) is 0 Å². The minimum atomic E-state index is -0.221. The number of carbonyl (C=O) groups is 1. The highest BCUT2D eigenvalue weighted by atomic mass is 32.1. The number of amides is 1. The fourth-order valence-corrected chi connectivity index (χ4v) is 5.93. The second-order valence-electron chi connectivity index (χ2n) is 7.23. The lowest BCUT2D eigenvalue weighted by Gasteiger charge is -2.23. The van der Waals surface area contributed by atoms with Gasteiger partial charge in [-0.1, -0.05) is 6.07 Å². The van der Waals surface area contributed by atoms with Gasteiger partial charge in [0.15, 0.2) is 5.76 Å². The topological polar surface area (TPSA) is 67.2 Å². The van der Waals surface area contributed by atoms with E-state index in [9.17, 15) is 4.79 Å². The van der Waals surface area contributed by atoms with E-state index in [0.717, 1.165) is 29.2 Å². The highest BCUT2D eigenvalue weighted by molar-refractivity contribution is 7.16. The molecule has 2 N–H and O–H groups in total. The van der Waals surface area contributed by atoms with Gasteiger partial charge in [-0.3, -0.25) is 4.79 Å². The summed E-state index contributed by atoms with van der Waals surface area (Å²) in [5.41, 5.74) is 3.68. The minimum Gasteiger partial charge on any atom is -0.459 e. The van der Waals surface area contributed by atoms with Gasteiger partial charge in [-0.25, -0.2) is 4.98 Å². The normalized spacial score (nSPS) is 14.1. The van der Waals surface area contributed by atoms with Crippen LogP contribution >= 0.6 is 22.7 Å². The van der Waals surface area contributed by atoms with Crippen LogP contribution in [0.5, 0.6) is 0 Å². The number of thiophene rings is 2. The molecule has 4 heterocycles. The summed E-state index contributed by atoms with van der Waals surface area (Å²) in [5, 5.41) is 11.9. The van der Waals surface area contributed by atoms with Crippen molar-refractivity contribution in [1.29, 1.82) is 0 Å². The molecular formula is C23H21N3O2S2. The van der Waals surface area contributed by atoms with Crippen molar-refractivity contribution in [2.24, 2.45) is 0 Å². The van der Waals surface area contributed by atoms with E-state index in [0.29, 0.717) is 5.76 Å². The first kappa shape index (κ1) is 19.1. The lowest BCUT2D eigenvalue weighted by molar-refractivity contribution is 0.0997. The molecule has 0 aromatic carbocycles. The predicted octanol–water partition coefficient (Wildman–Crippen LogP) is 6.13. The number of aryl methyl sites for hydroxylation is 1. The van der Waals surface area contributed by atoms with Crippen LogP contribution in [0.2, 0.25) is 0 Å². The molecule has 4 aromatic heterocycles. The molecule has 0 aliphatic heterocycles. The molecule has 0 unspecified atom stereocenters. The van der Waals surface area contributed by atoms with E-state index in [1.807, 2.05) is 18.2 Å². The maximum atomic E-state index is 12.8. The monoisotopic (exact) mass is 435 g/mol. The lowest BCUT2D eigenvalue weighted by Crippen LogP contribution is -2.18. The quantitative estimate of drug-likeness (QED) is 0.382. The molecule has 5 nitrogen and oxygen atoms in total. The summed E-state index contributed by atoms with van der Waals surface area (Å²) in [6.07, 6.45) is 7.76. The third-order valence-electron chi connectivity index (χ3n) is 5.31. The predicted molar refractivity (Wildman–Crippen MR) is 122 cm³/mol. The summed E-state index contributed by atoms with van der Waals surface area (Å²) in [6.45, 7) is 0. The van der Waals surface area contributed by atoms with Crippen LogP contribution in [0.4, 0.5) is 10.8 Å². The standard InChI is InChI=1S/C23H21N3O2S2/c27-22(17-7-5-12-28-17)26-23-20(16-6-1-2-8-18(16)30-23)21(15-10-13-29-14-15)25-19-9-3-4-11-24-19/h3-5,7,9-14,21H,1-2,6,8H2,(H,24,25)(H,26,27)/t21-/m0/s1. The number of carbonyl (C=O) groups excluding carboxylic acids is 1. The fourth-order valence-electron chi connectivity index (χ4n) is 3.92. The number of rotatable bonds is 6. The van der Waals surface area contributed by atoms with Gasteiger partial charge in [0.1, 0.15) is 10.8 Å². The number of anilines is 2. The first-order valence-corrected chi connectivity index (χ1v) is 11.7. The largest absolute Gasteiger partial charge is 0.459 e. The number of nitrogens with one attached hydrogen (secondary N) is 2. The molecule has 152 valence electrons. The summed E-state index contributed by atoms with van der Waals surface area (Å²) in [5.74, 6) is 0.909. The first-order chi connectivity index (χ1) is 14.8. The van der Waals surface area contributed by atoms with Crippen molar-refractivity contribution in [1.82, 2.24) is 4.98 Å². The van der Waals surface area contributed by atoms with Crippen molar-refractivity contribution in [3.05, 3.63) is 86.9 Å². The molecule has 5 rings (SSSR count). The number of fused-ring (bicyclic) bond motifs is 1. The van der Waals surface area contributed by atoms with E-state index in [4.69, 9.17) is 4.42 Å². The molecule has 1 amide bonds. The molecule has 0 saturated carbocycles. The maximum absolute atomic E-state index is 12.8. The summed E-state index contributed by atoms with van der Waals surface area (Å²) in [4.78, 5) is 18.6. The Morgan fingerprint density at radius 3 is 2.83 bits per heavy atom. The second-order valence-corrected chi connectivity index (χ2v) is 9.12. The Morgan fingerprint density at radius 2 is 2.07 bits per heavy atom. The van der Waals surface area contributed by atoms with Gasteiger partial charge in [0.2, 0.25) is 0 Å². The first-order valence-electron chi connectivity index (χ1n) is 9.98. The maximum Gasteiger partial charge on any atom is 0.291 e. The van der Waals surface area contributed by atoms with E-state index in [1.165, 1.54) is 35.1 Å². The molecule has 0 spiro atoms. The Kier molecular flexibility index (Phi) is 5.38. The zero-order valence-corrected chi connectivity index (χ0v) is 17.9. The van der Waals surface area contributed by atoms with Crippen LogP contribution < -0.4 is 10.6 Å². The Labute approximate surface area is 182 Å². The molecule has 1 aliphatic carbocycles. The molecule has 0 saturated heterocycles. The van der Waals surface area contributed by atoms with Crippen LogP contribution in [0, 0.1) is 0 Å². The Hall–Kier alpha value is -2.90. The van der Waals surface area contributed by atoms with Crippen LogP contribution in [-0.4, -0.2) is 10.9 Å². The average Bonchev–Trinajstić information content (AvgIpc) is 3.54. The second kappa shape index (κ2) is 8.45. The van der Waals surface area contributed by atoms with E-state index >= 15 is 0 Å². The van der Waals surface area contributed by atoms with Crippen molar-refractivity contribution < 1.29 is 9.21 Å². The Balaban J connectivity index is 1.58. The van der Waals surface area contributed by atoms with Crippen molar-refractivity contribution >= 4 is 39.4 Å². The zero-order valence-electron chi connectivity index (χ0n) is 16.3. The van der Waals surface area contributed by atoms with Crippen molar-refractivity contribution in [3.63, 3.8) is 0 Å².